The fraction of sp³-hybridized carbons (Fsp3) is 0.250. The van der Waals surface area contributed by atoms with Crippen LogP contribution < -0.4 is 5.32 Å². The van der Waals surface area contributed by atoms with Crippen LogP contribution in [0.4, 0.5) is 5.69 Å². The second-order valence-corrected chi connectivity index (χ2v) is 3.35. The molecule has 1 aliphatic heterocycles. The Bertz CT molecular complexity index is 356. The zero-order valence-electron chi connectivity index (χ0n) is 8.80. The maximum atomic E-state index is 4.38. The van der Waals surface area contributed by atoms with Crippen molar-refractivity contribution in [2.75, 3.05) is 11.9 Å². The molecule has 0 bridgehead atoms. The molecular formula is C12H15N3. The van der Waals surface area contributed by atoms with Crippen molar-refractivity contribution in [3.8, 4) is 0 Å². The van der Waals surface area contributed by atoms with Crippen LogP contribution in [0, 0.1) is 0 Å². The van der Waals surface area contributed by atoms with Crippen LogP contribution in [0.2, 0.25) is 0 Å². The summed E-state index contributed by atoms with van der Waals surface area (Å²) in [5, 5.41) is 3.36. The lowest BCUT2D eigenvalue weighted by Gasteiger charge is -2.29. The van der Waals surface area contributed by atoms with Gasteiger partial charge in [-0.3, -0.25) is 0 Å². The molecule has 1 unspecified atom stereocenters. The first kappa shape index (κ1) is 9.77. The van der Waals surface area contributed by atoms with E-state index in [1.165, 1.54) is 0 Å². The molecule has 0 aromatic heterocycles. The normalized spacial score (nSPS) is 19.3. The first-order chi connectivity index (χ1) is 7.40. The lowest BCUT2D eigenvalue weighted by atomic mass is 10.3. The van der Waals surface area contributed by atoms with Crippen molar-refractivity contribution >= 4 is 11.9 Å². The van der Waals surface area contributed by atoms with Crippen molar-refractivity contribution in [2.45, 2.75) is 13.2 Å². The zero-order chi connectivity index (χ0) is 10.5. The molecule has 1 aromatic rings. The number of hydrogen-bond donors (Lipinski definition) is 1. The van der Waals surface area contributed by atoms with Gasteiger partial charge in [0.05, 0.1) is 0 Å². The molecule has 15 heavy (non-hydrogen) atoms. The summed E-state index contributed by atoms with van der Waals surface area (Å²) in [6.45, 7) is 3.06. The number of anilines is 1. The van der Waals surface area contributed by atoms with Gasteiger partial charge < -0.3 is 10.2 Å². The van der Waals surface area contributed by atoms with Crippen LogP contribution in [0.25, 0.3) is 0 Å². The Morgan fingerprint density at radius 3 is 2.87 bits per heavy atom. The van der Waals surface area contributed by atoms with E-state index in [0.717, 1.165) is 12.2 Å². The summed E-state index contributed by atoms with van der Waals surface area (Å²) in [6.07, 6.45) is 5.84. The van der Waals surface area contributed by atoms with Crippen molar-refractivity contribution in [3.63, 3.8) is 0 Å². The standard InChI is InChI=1S/C12H15N3/c1-2-15-10-6-9-13-12(15)14-11-7-4-3-5-8-11/h3-10,12,14H,2H2,1H3. The molecule has 1 aromatic carbocycles. The van der Waals surface area contributed by atoms with Crippen molar-refractivity contribution in [3.05, 3.63) is 42.6 Å². The van der Waals surface area contributed by atoms with E-state index in [-0.39, 0.29) is 6.29 Å². The molecule has 2 rings (SSSR count). The number of para-hydroxylation sites is 1. The van der Waals surface area contributed by atoms with Crippen LogP contribution in [0.5, 0.6) is 0 Å². The lowest BCUT2D eigenvalue weighted by Crippen LogP contribution is -2.37. The van der Waals surface area contributed by atoms with Gasteiger partial charge in [-0.25, -0.2) is 4.99 Å². The van der Waals surface area contributed by atoms with E-state index in [2.05, 4.69) is 22.1 Å². The summed E-state index contributed by atoms with van der Waals surface area (Å²) in [5.41, 5.74) is 1.09. The quantitative estimate of drug-likeness (QED) is 0.812. The van der Waals surface area contributed by atoms with E-state index in [1.807, 2.05) is 48.8 Å². The maximum absolute atomic E-state index is 4.38. The van der Waals surface area contributed by atoms with Gasteiger partial charge >= 0.3 is 0 Å². The number of aliphatic imine (C=N–C) groups is 1. The molecule has 0 amide bonds. The Morgan fingerprint density at radius 1 is 1.33 bits per heavy atom. The highest BCUT2D eigenvalue weighted by Gasteiger charge is 2.12. The molecule has 1 N–H and O–H groups in total. The van der Waals surface area contributed by atoms with Crippen molar-refractivity contribution in [1.82, 2.24) is 4.90 Å². The Kier molecular flexibility index (Phi) is 3.02. The maximum Gasteiger partial charge on any atom is 0.196 e. The third-order valence-corrected chi connectivity index (χ3v) is 2.34. The molecule has 0 aliphatic carbocycles. The van der Waals surface area contributed by atoms with E-state index >= 15 is 0 Å². The van der Waals surface area contributed by atoms with E-state index in [0.29, 0.717) is 0 Å². The van der Waals surface area contributed by atoms with Gasteiger partial charge in [0.2, 0.25) is 0 Å². The highest BCUT2D eigenvalue weighted by atomic mass is 15.4. The summed E-state index contributed by atoms with van der Waals surface area (Å²) in [4.78, 5) is 6.53. The molecule has 3 nitrogen and oxygen atoms in total. The predicted molar refractivity (Wildman–Crippen MR) is 63.9 cm³/mol. The zero-order valence-corrected chi connectivity index (χ0v) is 8.80. The first-order valence-corrected chi connectivity index (χ1v) is 5.17. The van der Waals surface area contributed by atoms with Crippen molar-refractivity contribution in [1.29, 1.82) is 0 Å². The first-order valence-electron chi connectivity index (χ1n) is 5.17. The molecule has 1 atom stereocenters. The van der Waals surface area contributed by atoms with Gasteiger partial charge in [-0.15, -0.1) is 0 Å². The molecule has 3 heteroatoms. The molecule has 1 aliphatic rings. The lowest BCUT2D eigenvalue weighted by molar-refractivity contribution is 0.322. The number of allylic oxidation sites excluding steroid dienone is 1. The highest BCUT2D eigenvalue weighted by molar-refractivity contribution is 5.72. The summed E-state index contributed by atoms with van der Waals surface area (Å²) in [6, 6.07) is 10.1. The van der Waals surface area contributed by atoms with Gasteiger partial charge in [0.1, 0.15) is 0 Å². The van der Waals surface area contributed by atoms with Gasteiger partial charge in [0.25, 0.3) is 0 Å². The summed E-state index contributed by atoms with van der Waals surface area (Å²) >= 11 is 0. The van der Waals surface area contributed by atoms with Crippen LogP contribution in [0.1, 0.15) is 6.92 Å². The van der Waals surface area contributed by atoms with Gasteiger partial charge in [-0.05, 0) is 25.1 Å². The van der Waals surface area contributed by atoms with Gasteiger partial charge in [-0.1, -0.05) is 18.2 Å². The molecule has 0 radical (unpaired) electrons. The minimum atomic E-state index is 0.0161. The average molecular weight is 201 g/mol. The van der Waals surface area contributed by atoms with Crippen LogP contribution >= 0.6 is 0 Å². The molecular weight excluding hydrogens is 186 g/mol. The fourth-order valence-electron chi connectivity index (χ4n) is 1.53. The molecule has 0 fully saturated rings. The van der Waals surface area contributed by atoms with Crippen LogP contribution in [-0.2, 0) is 0 Å². The third-order valence-electron chi connectivity index (χ3n) is 2.34. The Balaban J connectivity index is 2.05. The Hall–Kier alpha value is -1.77. The number of nitrogens with zero attached hydrogens (tertiary/aromatic N) is 2. The molecule has 0 saturated heterocycles. The largest absolute Gasteiger partial charge is 0.347 e. The topological polar surface area (TPSA) is 27.6 Å². The highest BCUT2D eigenvalue weighted by Crippen LogP contribution is 2.12. The Morgan fingerprint density at radius 2 is 2.13 bits per heavy atom. The van der Waals surface area contributed by atoms with Crippen LogP contribution in [0.3, 0.4) is 0 Å². The molecule has 1 heterocycles. The second kappa shape index (κ2) is 4.64. The summed E-state index contributed by atoms with van der Waals surface area (Å²) in [7, 11) is 0. The minimum Gasteiger partial charge on any atom is -0.347 e. The number of benzene rings is 1. The van der Waals surface area contributed by atoms with E-state index < -0.39 is 0 Å². The number of rotatable bonds is 3. The summed E-state index contributed by atoms with van der Waals surface area (Å²) < 4.78 is 0. The van der Waals surface area contributed by atoms with E-state index in [1.54, 1.807) is 0 Å². The van der Waals surface area contributed by atoms with Gasteiger partial charge in [0.15, 0.2) is 6.29 Å². The predicted octanol–water partition coefficient (Wildman–Crippen LogP) is 2.30. The summed E-state index contributed by atoms with van der Waals surface area (Å²) in [5.74, 6) is 0. The average Bonchev–Trinajstić information content (AvgIpc) is 2.31. The van der Waals surface area contributed by atoms with E-state index in [9.17, 15) is 0 Å². The molecule has 0 spiro atoms. The Labute approximate surface area is 90.1 Å². The van der Waals surface area contributed by atoms with Gasteiger partial charge in [-0.2, -0.15) is 0 Å². The minimum absolute atomic E-state index is 0.0161. The fourth-order valence-corrected chi connectivity index (χ4v) is 1.53. The van der Waals surface area contributed by atoms with Crippen molar-refractivity contribution in [2.24, 2.45) is 4.99 Å². The monoisotopic (exact) mass is 201 g/mol. The van der Waals surface area contributed by atoms with Crippen LogP contribution in [-0.4, -0.2) is 23.9 Å². The molecule has 0 saturated carbocycles. The van der Waals surface area contributed by atoms with E-state index in [4.69, 9.17) is 0 Å². The number of hydrogen-bond acceptors (Lipinski definition) is 3. The number of nitrogens with one attached hydrogen (secondary N) is 1. The third kappa shape index (κ3) is 2.37. The SMILES string of the molecule is CCN1C=CC=NC1Nc1ccccc1. The van der Waals surface area contributed by atoms with Crippen LogP contribution in [0.15, 0.2) is 47.6 Å². The second-order valence-electron chi connectivity index (χ2n) is 3.35. The smallest absolute Gasteiger partial charge is 0.196 e. The van der Waals surface area contributed by atoms with Crippen molar-refractivity contribution < 1.29 is 0 Å². The van der Waals surface area contributed by atoms with Gasteiger partial charge in [0, 0.05) is 24.6 Å². The molecule has 78 valence electrons.